The summed E-state index contributed by atoms with van der Waals surface area (Å²) >= 11 is 0. The Morgan fingerprint density at radius 2 is 2.17 bits per heavy atom. The van der Waals surface area contributed by atoms with E-state index in [4.69, 9.17) is 0 Å². The topological polar surface area (TPSA) is 65.5 Å². The zero-order valence-electron chi connectivity index (χ0n) is 11.2. The van der Waals surface area contributed by atoms with Gasteiger partial charge in [-0.15, -0.1) is 0 Å². The van der Waals surface area contributed by atoms with Crippen molar-refractivity contribution >= 4 is 11.9 Å². The molecule has 0 bridgehead atoms. The number of hydrogen-bond acceptors (Lipinski definition) is 4. The van der Waals surface area contributed by atoms with Gasteiger partial charge in [-0.25, -0.2) is 0 Å². The molecule has 5 heteroatoms. The minimum absolute atomic E-state index is 0.154. The van der Waals surface area contributed by atoms with E-state index in [1.807, 2.05) is 0 Å². The molecule has 1 heterocycles. The fourth-order valence-electron chi connectivity index (χ4n) is 2.50. The molecule has 1 amide bonds. The van der Waals surface area contributed by atoms with Crippen LogP contribution in [0.3, 0.4) is 0 Å². The highest BCUT2D eigenvalue weighted by molar-refractivity contribution is 5.82. The zero-order chi connectivity index (χ0) is 12.8. The fourth-order valence-corrected chi connectivity index (χ4v) is 2.50. The van der Waals surface area contributed by atoms with Crippen molar-refractivity contribution in [3.05, 3.63) is 0 Å². The molecule has 1 aliphatic heterocycles. The molecule has 1 unspecified atom stereocenters. The lowest BCUT2D eigenvalue weighted by Gasteiger charge is -2.22. The number of carbonyl (C=O) groups is 1. The first-order valence-corrected chi connectivity index (χ1v) is 7.08. The molecule has 1 fully saturated rings. The monoisotopic (exact) mass is 252 g/mol. The molecule has 2 rings (SSSR count). The van der Waals surface area contributed by atoms with E-state index in [1.54, 1.807) is 0 Å². The standard InChI is InChI=1S/C13H24N4O/c1-10-9-15-13(16-10)14-8-7-12(18)17-11-5-3-2-4-6-11/h10-11H,2-9H2,1H3,(H,17,18)(H2,14,15,16). The van der Waals surface area contributed by atoms with Crippen molar-refractivity contribution in [1.29, 1.82) is 0 Å². The summed E-state index contributed by atoms with van der Waals surface area (Å²) < 4.78 is 0. The number of carbonyl (C=O) groups excluding carboxylic acids is 1. The van der Waals surface area contributed by atoms with Crippen molar-refractivity contribution in [3.63, 3.8) is 0 Å². The van der Waals surface area contributed by atoms with Gasteiger partial charge in [-0.3, -0.25) is 9.79 Å². The van der Waals surface area contributed by atoms with Gasteiger partial charge in [0.05, 0.1) is 6.54 Å². The van der Waals surface area contributed by atoms with Gasteiger partial charge in [0.15, 0.2) is 5.96 Å². The number of rotatable bonds is 4. The van der Waals surface area contributed by atoms with Crippen LogP contribution in [0.15, 0.2) is 4.99 Å². The Kier molecular flexibility index (Phi) is 4.84. The molecule has 2 aliphatic rings. The van der Waals surface area contributed by atoms with Gasteiger partial charge in [0.1, 0.15) is 0 Å². The number of guanidine groups is 1. The second kappa shape index (κ2) is 6.61. The molecule has 0 aromatic carbocycles. The highest BCUT2D eigenvalue weighted by Gasteiger charge is 2.16. The lowest BCUT2D eigenvalue weighted by molar-refractivity contribution is -0.121. The molecule has 0 saturated heterocycles. The molecule has 102 valence electrons. The average molecular weight is 252 g/mol. The molecule has 0 spiro atoms. The maximum absolute atomic E-state index is 11.7. The Morgan fingerprint density at radius 3 is 2.83 bits per heavy atom. The van der Waals surface area contributed by atoms with E-state index in [0.29, 0.717) is 25.0 Å². The Bertz CT molecular complexity index is 310. The zero-order valence-corrected chi connectivity index (χ0v) is 11.2. The predicted molar refractivity (Wildman–Crippen MR) is 72.5 cm³/mol. The van der Waals surface area contributed by atoms with E-state index in [2.05, 4.69) is 27.9 Å². The van der Waals surface area contributed by atoms with Crippen LogP contribution in [0.1, 0.15) is 45.4 Å². The number of nitrogens with zero attached hydrogens (tertiary/aromatic N) is 1. The number of aliphatic imine (C=N–C) groups is 1. The van der Waals surface area contributed by atoms with Crippen LogP contribution in [0.4, 0.5) is 0 Å². The molecule has 3 N–H and O–H groups in total. The molecule has 18 heavy (non-hydrogen) atoms. The molecule has 0 aromatic heterocycles. The van der Waals surface area contributed by atoms with Crippen LogP contribution in [0.2, 0.25) is 0 Å². The van der Waals surface area contributed by atoms with Crippen molar-refractivity contribution in [2.24, 2.45) is 4.99 Å². The van der Waals surface area contributed by atoms with Crippen molar-refractivity contribution in [2.75, 3.05) is 13.1 Å². The van der Waals surface area contributed by atoms with Crippen molar-refractivity contribution in [2.45, 2.75) is 57.5 Å². The van der Waals surface area contributed by atoms with Crippen LogP contribution in [0.25, 0.3) is 0 Å². The summed E-state index contributed by atoms with van der Waals surface area (Å²) in [4.78, 5) is 16.0. The SMILES string of the molecule is CC1CN=C(NCCC(=O)NC2CCCCC2)N1. The smallest absolute Gasteiger partial charge is 0.221 e. The number of hydrogen-bond donors (Lipinski definition) is 3. The molecule has 1 aliphatic carbocycles. The molecule has 1 saturated carbocycles. The van der Waals surface area contributed by atoms with E-state index in [-0.39, 0.29) is 5.91 Å². The van der Waals surface area contributed by atoms with E-state index in [9.17, 15) is 4.79 Å². The Hall–Kier alpha value is -1.26. The van der Waals surface area contributed by atoms with Gasteiger partial charge in [-0.1, -0.05) is 19.3 Å². The van der Waals surface area contributed by atoms with Crippen LogP contribution < -0.4 is 16.0 Å². The normalized spacial score (nSPS) is 24.3. The lowest BCUT2D eigenvalue weighted by atomic mass is 9.95. The second-order valence-corrected chi connectivity index (χ2v) is 5.31. The van der Waals surface area contributed by atoms with E-state index in [0.717, 1.165) is 25.3 Å². The van der Waals surface area contributed by atoms with Crippen molar-refractivity contribution < 1.29 is 4.79 Å². The summed E-state index contributed by atoms with van der Waals surface area (Å²) in [7, 11) is 0. The summed E-state index contributed by atoms with van der Waals surface area (Å²) in [5, 5.41) is 9.49. The van der Waals surface area contributed by atoms with Gasteiger partial charge in [0, 0.05) is 25.0 Å². The molecule has 0 aromatic rings. The highest BCUT2D eigenvalue weighted by Crippen LogP contribution is 2.17. The molecule has 5 nitrogen and oxygen atoms in total. The van der Waals surface area contributed by atoms with Gasteiger partial charge >= 0.3 is 0 Å². The molecular weight excluding hydrogens is 228 g/mol. The average Bonchev–Trinajstić information content (AvgIpc) is 2.76. The first-order valence-electron chi connectivity index (χ1n) is 7.08. The van der Waals surface area contributed by atoms with Gasteiger partial charge in [0.25, 0.3) is 0 Å². The molecular formula is C13H24N4O. The number of amides is 1. The third-order valence-electron chi connectivity index (χ3n) is 3.52. The predicted octanol–water partition coefficient (Wildman–Crippen LogP) is 0.763. The van der Waals surface area contributed by atoms with E-state index < -0.39 is 0 Å². The Morgan fingerprint density at radius 1 is 1.39 bits per heavy atom. The van der Waals surface area contributed by atoms with Gasteiger partial charge in [-0.2, -0.15) is 0 Å². The van der Waals surface area contributed by atoms with Crippen molar-refractivity contribution in [3.8, 4) is 0 Å². The van der Waals surface area contributed by atoms with Crippen LogP contribution in [-0.2, 0) is 4.79 Å². The van der Waals surface area contributed by atoms with Gasteiger partial charge < -0.3 is 16.0 Å². The van der Waals surface area contributed by atoms with Crippen LogP contribution in [0, 0.1) is 0 Å². The largest absolute Gasteiger partial charge is 0.356 e. The highest BCUT2D eigenvalue weighted by atomic mass is 16.1. The third kappa shape index (κ3) is 4.20. The quantitative estimate of drug-likeness (QED) is 0.692. The van der Waals surface area contributed by atoms with Gasteiger partial charge in [-0.05, 0) is 19.8 Å². The lowest BCUT2D eigenvalue weighted by Crippen LogP contribution is -2.41. The summed E-state index contributed by atoms with van der Waals surface area (Å²) in [6.07, 6.45) is 6.63. The Labute approximate surface area is 109 Å². The van der Waals surface area contributed by atoms with Crippen molar-refractivity contribution in [1.82, 2.24) is 16.0 Å². The third-order valence-corrected chi connectivity index (χ3v) is 3.52. The molecule has 1 atom stereocenters. The van der Waals surface area contributed by atoms with Crippen LogP contribution in [0.5, 0.6) is 0 Å². The van der Waals surface area contributed by atoms with Crippen LogP contribution in [-0.4, -0.2) is 37.0 Å². The summed E-state index contributed by atoms with van der Waals surface area (Å²) in [5.41, 5.74) is 0. The Balaban J connectivity index is 1.57. The maximum Gasteiger partial charge on any atom is 0.221 e. The minimum atomic E-state index is 0.154. The first kappa shape index (κ1) is 13.2. The summed E-state index contributed by atoms with van der Waals surface area (Å²) in [5.74, 6) is 0.981. The van der Waals surface area contributed by atoms with Gasteiger partial charge in [0.2, 0.25) is 5.91 Å². The van der Waals surface area contributed by atoms with E-state index >= 15 is 0 Å². The number of nitrogens with one attached hydrogen (secondary N) is 3. The van der Waals surface area contributed by atoms with Crippen LogP contribution >= 0.6 is 0 Å². The van der Waals surface area contributed by atoms with E-state index in [1.165, 1.54) is 19.3 Å². The summed E-state index contributed by atoms with van der Waals surface area (Å²) in [6, 6.07) is 0.816. The second-order valence-electron chi connectivity index (χ2n) is 5.31. The summed E-state index contributed by atoms with van der Waals surface area (Å²) in [6.45, 7) is 3.56. The molecule has 0 radical (unpaired) electrons. The maximum atomic E-state index is 11.7. The minimum Gasteiger partial charge on any atom is -0.356 e. The fraction of sp³-hybridized carbons (Fsp3) is 0.846. The first-order chi connectivity index (χ1) is 8.74.